The first kappa shape index (κ1) is 15.8. The van der Waals surface area contributed by atoms with E-state index in [1.807, 2.05) is 6.07 Å². The molecule has 3 N–H and O–H groups in total. The zero-order valence-electron chi connectivity index (χ0n) is 12.3. The molecule has 5 heteroatoms. The van der Waals surface area contributed by atoms with Crippen LogP contribution in [0.4, 0.5) is 0 Å². The maximum Gasteiger partial charge on any atom is 0.265 e. The molecule has 0 bridgehead atoms. The SMILES string of the molecule is NNC(=O)c1cccc(OCCOC2CCCCCC2)c1. The lowest BCUT2D eigenvalue weighted by Gasteiger charge is -2.15. The van der Waals surface area contributed by atoms with E-state index in [9.17, 15) is 4.79 Å². The summed E-state index contributed by atoms with van der Waals surface area (Å²) in [7, 11) is 0. The molecule has 0 aromatic heterocycles. The van der Waals surface area contributed by atoms with Crippen molar-refractivity contribution >= 4 is 5.91 Å². The van der Waals surface area contributed by atoms with Gasteiger partial charge in [-0.2, -0.15) is 0 Å². The first-order chi connectivity index (χ1) is 10.3. The molecule has 1 saturated carbocycles. The van der Waals surface area contributed by atoms with Crippen molar-refractivity contribution in [2.24, 2.45) is 5.84 Å². The molecular weight excluding hydrogens is 268 g/mol. The van der Waals surface area contributed by atoms with Crippen molar-refractivity contribution in [1.82, 2.24) is 5.43 Å². The van der Waals surface area contributed by atoms with Gasteiger partial charge in [0.15, 0.2) is 0 Å². The van der Waals surface area contributed by atoms with Gasteiger partial charge in [0.2, 0.25) is 0 Å². The van der Waals surface area contributed by atoms with Crippen LogP contribution in [-0.2, 0) is 4.74 Å². The normalized spacial score (nSPS) is 16.2. The highest BCUT2D eigenvalue weighted by Crippen LogP contribution is 2.19. The molecule has 0 unspecified atom stereocenters. The second kappa shape index (κ2) is 8.64. The van der Waals surface area contributed by atoms with Crippen LogP contribution in [0.3, 0.4) is 0 Å². The molecule has 1 aliphatic rings. The van der Waals surface area contributed by atoms with E-state index in [2.05, 4.69) is 5.43 Å². The molecule has 0 spiro atoms. The van der Waals surface area contributed by atoms with Crippen molar-refractivity contribution < 1.29 is 14.3 Å². The molecule has 116 valence electrons. The maximum absolute atomic E-state index is 11.4. The van der Waals surface area contributed by atoms with E-state index in [0.717, 1.165) is 12.8 Å². The summed E-state index contributed by atoms with van der Waals surface area (Å²) in [4.78, 5) is 11.4. The van der Waals surface area contributed by atoms with Gasteiger partial charge in [-0.1, -0.05) is 31.7 Å². The number of carbonyl (C=O) groups excluding carboxylic acids is 1. The van der Waals surface area contributed by atoms with E-state index in [-0.39, 0.29) is 5.91 Å². The number of rotatable bonds is 6. The summed E-state index contributed by atoms with van der Waals surface area (Å²) in [6, 6.07) is 6.95. The van der Waals surface area contributed by atoms with E-state index in [1.165, 1.54) is 25.7 Å². The Morgan fingerprint density at radius 1 is 1.19 bits per heavy atom. The molecule has 0 aliphatic heterocycles. The van der Waals surface area contributed by atoms with Crippen molar-refractivity contribution in [3.05, 3.63) is 29.8 Å². The van der Waals surface area contributed by atoms with Crippen molar-refractivity contribution in [1.29, 1.82) is 0 Å². The molecule has 1 fully saturated rings. The number of hydrazine groups is 1. The highest BCUT2D eigenvalue weighted by atomic mass is 16.5. The molecule has 1 aromatic rings. The number of nitrogen functional groups attached to an aromatic ring is 1. The third-order valence-electron chi connectivity index (χ3n) is 3.74. The molecule has 1 aliphatic carbocycles. The van der Waals surface area contributed by atoms with E-state index in [1.54, 1.807) is 18.2 Å². The number of hydrogen-bond acceptors (Lipinski definition) is 4. The zero-order valence-corrected chi connectivity index (χ0v) is 12.3. The summed E-state index contributed by atoms with van der Waals surface area (Å²) in [6.07, 6.45) is 7.88. The molecule has 1 amide bonds. The monoisotopic (exact) mass is 292 g/mol. The highest BCUT2D eigenvalue weighted by molar-refractivity contribution is 5.94. The third kappa shape index (κ3) is 5.36. The number of ether oxygens (including phenoxy) is 2. The van der Waals surface area contributed by atoms with Crippen molar-refractivity contribution in [3.8, 4) is 5.75 Å². The minimum atomic E-state index is -0.324. The van der Waals surface area contributed by atoms with Crippen LogP contribution >= 0.6 is 0 Å². The van der Waals surface area contributed by atoms with Crippen molar-refractivity contribution in [2.75, 3.05) is 13.2 Å². The quantitative estimate of drug-likeness (QED) is 0.278. The number of nitrogens with two attached hydrogens (primary N) is 1. The number of hydrogen-bond donors (Lipinski definition) is 2. The predicted molar refractivity (Wildman–Crippen MR) is 81.0 cm³/mol. The van der Waals surface area contributed by atoms with Crippen LogP contribution in [0.15, 0.2) is 24.3 Å². The largest absolute Gasteiger partial charge is 0.491 e. The van der Waals surface area contributed by atoms with Gasteiger partial charge in [-0.3, -0.25) is 10.2 Å². The van der Waals surface area contributed by atoms with Gasteiger partial charge < -0.3 is 9.47 Å². The Morgan fingerprint density at radius 3 is 2.67 bits per heavy atom. The lowest BCUT2D eigenvalue weighted by molar-refractivity contribution is 0.0254. The molecule has 2 rings (SSSR count). The predicted octanol–water partition coefficient (Wildman–Crippen LogP) is 2.41. The van der Waals surface area contributed by atoms with Crippen LogP contribution in [0.25, 0.3) is 0 Å². The number of benzene rings is 1. The maximum atomic E-state index is 11.4. The van der Waals surface area contributed by atoms with Gasteiger partial charge in [0.1, 0.15) is 12.4 Å². The fourth-order valence-corrected chi connectivity index (χ4v) is 2.59. The molecule has 21 heavy (non-hydrogen) atoms. The summed E-state index contributed by atoms with van der Waals surface area (Å²) < 4.78 is 11.5. The average molecular weight is 292 g/mol. The van der Waals surface area contributed by atoms with Crippen LogP contribution < -0.4 is 16.0 Å². The second-order valence-electron chi connectivity index (χ2n) is 5.33. The van der Waals surface area contributed by atoms with Gasteiger partial charge in [0, 0.05) is 5.56 Å². The van der Waals surface area contributed by atoms with Gasteiger partial charge >= 0.3 is 0 Å². The summed E-state index contributed by atoms with van der Waals surface area (Å²) >= 11 is 0. The fourth-order valence-electron chi connectivity index (χ4n) is 2.59. The van der Waals surface area contributed by atoms with Crippen LogP contribution in [0.2, 0.25) is 0 Å². The Morgan fingerprint density at radius 2 is 1.95 bits per heavy atom. The Labute approximate surface area is 125 Å². The Balaban J connectivity index is 1.71. The molecule has 0 atom stereocenters. The first-order valence-electron chi connectivity index (χ1n) is 7.65. The first-order valence-corrected chi connectivity index (χ1v) is 7.65. The smallest absolute Gasteiger partial charge is 0.265 e. The molecule has 1 aromatic carbocycles. The highest BCUT2D eigenvalue weighted by Gasteiger charge is 2.12. The summed E-state index contributed by atoms with van der Waals surface area (Å²) in [6.45, 7) is 1.07. The van der Waals surface area contributed by atoms with Gasteiger partial charge in [-0.05, 0) is 31.0 Å². The second-order valence-corrected chi connectivity index (χ2v) is 5.33. The minimum Gasteiger partial charge on any atom is -0.491 e. The van der Waals surface area contributed by atoms with Crippen molar-refractivity contribution in [3.63, 3.8) is 0 Å². The minimum absolute atomic E-state index is 0.324. The van der Waals surface area contributed by atoms with Gasteiger partial charge in [-0.15, -0.1) is 0 Å². The topological polar surface area (TPSA) is 73.6 Å². The number of carbonyl (C=O) groups is 1. The Bertz CT molecular complexity index is 443. The summed E-state index contributed by atoms with van der Waals surface area (Å²) in [5.74, 6) is 5.44. The lowest BCUT2D eigenvalue weighted by Crippen LogP contribution is -2.29. The lowest BCUT2D eigenvalue weighted by atomic mass is 10.1. The molecular formula is C16H24N2O3. The zero-order chi connectivity index (χ0) is 14.9. The average Bonchev–Trinajstić information content (AvgIpc) is 2.80. The summed E-state index contributed by atoms with van der Waals surface area (Å²) in [5, 5.41) is 0. The number of amides is 1. The van der Waals surface area contributed by atoms with E-state index in [0.29, 0.717) is 30.6 Å². The van der Waals surface area contributed by atoms with Gasteiger partial charge in [-0.25, -0.2) is 5.84 Å². The molecule has 5 nitrogen and oxygen atoms in total. The standard InChI is InChI=1S/C16H24N2O3/c17-18-16(19)13-6-5-9-15(12-13)21-11-10-20-14-7-3-1-2-4-8-14/h5-6,9,12,14H,1-4,7-8,10-11,17H2,(H,18,19). The molecule has 0 heterocycles. The molecule has 0 saturated heterocycles. The summed E-state index contributed by atoms with van der Waals surface area (Å²) in [5.41, 5.74) is 2.59. The number of nitrogens with one attached hydrogen (secondary N) is 1. The van der Waals surface area contributed by atoms with E-state index in [4.69, 9.17) is 15.3 Å². The third-order valence-corrected chi connectivity index (χ3v) is 3.74. The van der Waals surface area contributed by atoms with Gasteiger partial charge in [0.25, 0.3) is 5.91 Å². The van der Waals surface area contributed by atoms with E-state index >= 15 is 0 Å². The van der Waals surface area contributed by atoms with Crippen LogP contribution in [0.1, 0.15) is 48.9 Å². The van der Waals surface area contributed by atoms with Crippen LogP contribution in [0, 0.1) is 0 Å². The van der Waals surface area contributed by atoms with E-state index < -0.39 is 0 Å². The van der Waals surface area contributed by atoms with Crippen molar-refractivity contribution in [2.45, 2.75) is 44.6 Å². The van der Waals surface area contributed by atoms with Crippen LogP contribution in [0.5, 0.6) is 5.75 Å². The molecule has 0 radical (unpaired) electrons. The van der Waals surface area contributed by atoms with Gasteiger partial charge in [0.05, 0.1) is 12.7 Å². The van der Waals surface area contributed by atoms with Crippen LogP contribution in [-0.4, -0.2) is 25.2 Å². The fraction of sp³-hybridized carbons (Fsp3) is 0.562. The Hall–Kier alpha value is -1.59. The Kier molecular flexibility index (Phi) is 6.50.